The molecule has 0 aliphatic carbocycles. The first kappa shape index (κ1) is 14.1. The summed E-state index contributed by atoms with van der Waals surface area (Å²) in [5.74, 6) is 0.697. The number of rotatable bonds is 4. The molecule has 2 rings (SSSR count). The van der Waals surface area contributed by atoms with Crippen molar-refractivity contribution in [3.8, 4) is 0 Å². The van der Waals surface area contributed by atoms with E-state index in [2.05, 4.69) is 17.1 Å². The molecule has 5 heteroatoms. The Bertz CT molecular complexity index is 404. The first-order valence-electron chi connectivity index (χ1n) is 7.17. The Morgan fingerprint density at radius 2 is 2.47 bits per heavy atom. The van der Waals surface area contributed by atoms with Gasteiger partial charge in [-0.2, -0.15) is 5.10 Å². The topological polar surface area (TPSA) is 75.0 Å². The molecule has 0 spiro atoms. The highest BCUT2D eigenvalue weighted by Crippen LogP contribution is 2.26. The van der Waals surface area contributed by atoms with E-state index >= 15 is 0 Å². The maximum atomic E-state index is 12.4. The van der Waals surface area contributed by atoms with E-state index in [9.17, 15) is 4.79 Å². The van der Waals surface area contributed by atoms with Crippen LogP contribution in [-0.2, 0) is 4.79 Å². The number of carbonyl (C=O) groups is 1. The van der Waals surface area contributed by atoms with Crippen molar-refractivity contribution >= 4 is 5.91 Å². The molecular weight excluding hydrogens is 240 g/mol. The molecule has 0 aromatic carbocycles. The Balaban J connectivity index is 1.99. The van der Waals surface area contributed by atoms with Crippen LogP contribution in [0.3, 0.4) is 0 Å². The number of aromatic amines is 1. The summed E-state index contributed by atoms with van der Waals surface area (Å²) in [5, 5.41) is 7.00. The third kappa shape index (κ3) is 3.15. The number of H-pyrrole nitrogens is 1. The summed E-state index contributed by atoms with van der Waals surface area (Å²) in [6.45, 7) is 5.69. The highest BCUT2D eigenvalue weighted by molar-refractivity contribution is 5.82. The maximum absolute atomic E-state index is 12.4. The van der Waals surface area contributed by atoms with Crippen molar-refractivity contribution in [2.75, 3.05) is 13.1 Å². The normalized spacial score (nSPS) is 23.1. The van der Waals surface area contributed by atoms with Gasteiger partial charge in [0.2, 0.25) is 5.91 Å². The standard InChI is InChI=1S/C14H24N4O/c1-3-10(2)13(15)14(19)18-8-4-5-11(9-18)12-6-7-16-17-12/h6-7,10-11,13H,3-5,8-9,15H2,1-2H3,(H,16,17)/t10-,11?,13-/m0/s1. The van der Waals surface area contributed by atoms with Crippen molar-refractivity contribution in [3.05, 3.63) is 18.0 Å². The van der Waals surface area contributed by atoms with Gasteiger partial charge in [0.25, 0.3) is 0 Å². The molecule has 1 unspecified atom stereocenters. The van der Waals surface area contributed by atoms with Gasteiger partial charge in [0.05, 0.1) is 6.04 Å². The lowest BCUT2D eigenvalue weighted by Crippen LogP contribution is -2.50. The van der Waals surface area contributed by atoms with E-state index in [0.717, 1.165) is 38.0 Å². The summed E-state index contributed by atoms with van der Waals surface area (Å²) in [5.41, 5.74) is 7.17. The molecule has 1 amide bonds. The Morgan fingerprint density at radius 3 is 3.11 bits per heavy atom. The van der Waals surface area contributed by atoms with Crippen LogP contribution in [0.15, 0.2) is 12.3 Å². The zero-order chi connectivity index (χ0) is 13.8. The summed E-state index contributed by atoms with van der Waals surface area (Å²) in [7, 11) is 0. The third-order valence-electron chi connectivity index (χ3n) is 4.24. The molecule has 106 valence electrons. The van der Waals surface area contributed by atoms with Crippen molar-refractivity contribution in [2.45, 2.75) is 45.1 Å². The number of hydrogen-bond donors (Lipinski definition) is 2. The zero-order valence-electron chi connectivity index (χ0n) is 11.8. The summed E-state index contributed by atoms with van der Waals surface area (Å²) in [6, 6.07) is 1.62. The number of nitrogens with zero attached hydrogens (tertiary/aromatic N) is 2. The fourth-order valence-electron chi connectivity index (χ4n) is 2.63. The van der Waals surface area contributed by atoms with E-state index in [-0.39, 0.29) is 17.9 Å². The molecule has 5 nitrogen and oxygen atoms in total. The zero-order valence-corrected chi connectivity index (χ0v) is 11.8. The summed E-state index contributed by atoms with van der Waals surface area (Å²) in [4.78, 5) is 14.3. The Hall–Kier alpha value is -1.36. The Kier molecular flexibility index (Phi) is 4.58. The lowest BCUT2D eigenvalue weighted by Gasteiger charge is -2.34. The van der Waals surface area contributed by atoms with Crippen LogP contribution in [-0.4, -0.2) is 40.1 Å². The number of aromatic nitrogens is 2. The molecule has 1 aromatic heterocycles. The fraction of sp³-hybridized carbons (Fsp3) is 0.714. The van der Waals surface area contributed by atoms with Crippen molar-refractivity contribution in [1.29, 1.82) is 0 Å². The van der Waals surface area contributed by atoms with Gasteiger partial charge >= 0.3 is 0 Å². The van der Waals surface area contributed by atoms with E-state index in [1.54, 1.807) is 6.20 Å². The predicted octanol–water partition coefficient (Wildman–Crippen LogP) is 1.49. The van der Waals surface area contributed by atoms with Crippen molar-refractivity contribution in [1.82, 2.24) is 15.1 Å². The van der Waals surface area contributed by atoms with E-state index in [1.165, 1.54) is 0 Å². The van der Waals surface area contributed by atoms with Crippen LogP contribution in [0.5, 0.6) is 0 Å². The van der Waals surface area contributed by atoms with E-state index in [0.29, 0.717) is 5.92 Å². The SMILES string of the molecule is CC[C@H](C)[C@H](N)C(=O)N1CCCC(c2ccn[nH]2)C1. The molecule has 1 fully saturated rings. The van der Waals surface area contributed by atoms with Crippen LogP contribution in [0.25, 0.3) is 0 Å². The summed E-state index contributed by atoms with van der Waals surface area (Å²) in [6.07, 6.45) is 4.83. The van der Waals surface area contributed by atoms with E-state index in [4.69, 9.17) is 5.73 Å². The highest BCUT2D eigenvalue weighted by Gasteiger charge is 2.30. The molecule has 3 N–H and O–H groups in total. The van der Waals surface area contributed by atoms with Crippen molar-refractivity contribution < 1.29 is 4.79 Å². The van der Waals surface area contributed by atoms with Gasteiger partial charge in [0, 0.05) is 30.9 Å². The van der Waals surface area contributed by atoms with Gasteiger partial charge in [-0.1, -0.05) is 20.3 Å². The summed E-state index contributed by atoms with van der Waals surface area (Å²) >= 11 is 0. The minimum absolute atomic E-state index is 0.0959. The number of nitrogens with two attached hydrogens (primary N) is 1. The monoisotopic (exact) mass is 264 g/mol. The average Bonchev–Trinajstić information content (AvgIpc) is 2.99. The summed E-state index contributed by atoms with van der Waals surface area (Å²) < 4.78 is 0. The van der Waals surface area contributed by atoms with Crippen LogP contribution >= 0.6 is 0 Å². The molecule has 0 saturated carbocycles. The molecule has 19 heavy (non-hydrogen) atoms. The molecule has 0 bridgehead atoms. The minimum atomic E-state index is -0.370. The van der Waals surface area contributed by atoms with Crippen LogP contribution < -0.4 is 5.73 Å². The van der Waals surface area contributed by atoms with E-state index in [1.807, 2.05) is 17.9 Å². The van der Waals surface area contributed by atoms with E-state index < -0.39 is 0 Å². The smallest absolute Gasteiger partial charge is 0.239 e. The van der Waals surface area contributed by atoms with Gasteiger partial charge in [0.1, 0.15) is 0 Å². The lowest BCUT2D eigenvalue weighted by atomic mass is 9.93. The third-order valence-corrected chi connectivity index (χ3v) is 4.24. The largest absolute Gasteiger partial charge is 0.341 e. The number of amides is 1. The molecule has 1 aromatic rings. The average molecular weight is 264 g/mol. The molecule has 0 radical (unpaired) electrons. The second-order valence-electron chi connectivity index (χ2n) is 5.55. The Labute approximate surface area is 114 Å². The highest BCUT2D eigenvalue weighted by atomic mass is 16.2. The molecule has 1 aliphatic heterocycles. The number of piperidine rings is 1. The number of likely N-dealkylation sites (tertiary alicyclic amines) is 1. The molecular formula is C14H24N4O. The number of carbonyl (C=O) groups excluding carboxylic acids is 1. The second-order valence-corrected chi connectivity index (χ2v) is 5.55. The van der Waals surface area contributed by atoms with Crippen LogP contribution in [0.2, 0.25) is 0 Å². The number of hydrogen-bond acceptors (Lipinski definition) is 3. The first-order valence-corrected chi connectivity index (χ1v) is 7.17. The van der Waals surface area contributed by atoms with Gasteiger partial charge in [-0.3, -0.25) is 9.89 Å². The van der Waals surface area contributed by atoms with Crippen molar-refractivity contribution in [2.24, 2.45) is 11.7 Å². The maximum Gasteiger partial charge on any atom is 0.239 e. The van der Waals surface area contributed by atoms with Gasteiger partial charge in [-0.05, 0) is 24.8 Å². The van der Waals surface area contributed by atoms with Crippen molar-refractivity contribution in [3.63, 3.8) is 0 Å². The Morgan fingerprint density at radius 1 is 1.68 bits per heavy atom. The van der Waals surface area contributed by atoms with Gasteiger partial charge in [0.15, 0.2) is 0 Å². The molecule has 2 heterocycles. The quantitative estimate of drug-likeness (QED) is 0.865. The van der Waals surface area contributed by atoms with Crippen LogP contribution in [0, 0.1) is 5.92 Å². The minimum Gasteiger partial charge on any atom is -0.341 e. The molecule has 1 saturated heterocycles. The molecule has 1 aliphatic rings. The van der Waals surface area contributed by atoms with Gasteiger partial charge in [-0.25, -0.2) is 0 Å². The molecule has 3 atom stereocenters. The second kappa shape index (κ2) is 6.19. The number of nitrogens with one attached hydrogen (secondary N) is 1. The van der Waals surface area contributed by atoms with Gasteiger partial charge < -0.3 is 10.6 Å². The first-order chi connectivity index (χ1) is 9.13. The fourth-order valence-corrected chi connectivity index (χ4v) is 2.63. The lowest BCUT2D eigenvalue weighted by molar-refractivity contribution is -0.135. The predicted molar refractivity (Wildman–Crippen MR) is 74.6 cm³/mol. The van der Waals surface area contributed by atoms with Crippen LogP contribution in [0.4, 0.5) is 0 Å². The van der Waals surface area contributed by atoms with Gasteiger partial charge in [-0.15, -0.1) is 0 Å². The van der Waals surface area contributed by atoms with Crippen LogP contribution in [0.1, 0.15) is 44.7 Å².